The van der Waals surface area contributed by atoms with Crippen LogP contribution in [0.5, 0.6) is 0 Å². The molecule has 3 heterocycles. The molecule has 2 aromatic rings. The van der Waals surface area contributed by atoms with Crippen LogP contribution in [-0.4, -0.2) is 49.7 Å². The molecule has 0 radical (unpaired) electrons. The van der Waals surface area contributed by atoms with Crippen molar-refractivity contribution in [2.45, 2.75) is 27.2 Å². The number of pyridine rings is 1. The molecular formula is C16H20N4O3. The maximum Gasteiger partial charge on any atom is 0.311 e. The van der Waals surface area contributed by atoms with Gasteiger partial charge in [0.15, 0.2) is 5.65 Å². The maximum atomic E-state index is 12.8. The Morgan fingerprint density at radius 1 is 1.30 bits per heavy atom. The zero-order valence-corrected chi connectivity index (χ0v) is 13.8. The molecule has 1 aliphatic rings. The number of hydrogen-bond acceptors (Lipinski definition) is 4. The van der Waals surface area contributed by atoms with Gasteiger partial charge in [0.05, 0.1) is 22.4 Å². The number of hydrogen-bond donors (Lipinski definition) is 1. The zero-order valence-electron chi connectivity index (χ0n) is 13.8. The average molecular weight is 316 g/mol. The van der Waals surface area contributed by atoms with E-state index in [-0.39, 0.29) is 12.5 Å². The fourth-order valence-electron chi connectivity index (χ4n) is 3.13. The molecule has 0 saturated carbocycles. The second-order valence-corrected chi connectivity index (χ2v) is 6.54. The monoisotopic (exact) mass is 316 g/mol. The number of aromatic nitrogens is 3. The van der Waals surface area contributed by atoms with Crippen LogP contribution in [-0.2, 0) is 11.8 Å². The first-order valence-corrected chi connectivity index (χ1v) is 7.56. The number of amides is 1. The Kier molecular flexibility index (Phi) is 3.39. The van der Waals surface area contributed by atoms with Crippen LogP contribution in [0.3, 0.4) is 0 Å². The van der Waals surface area contributed by atoms with Gasteiger partial charge >= 0.3 is 5.97 Å². The van der Waals surface area contributed by atoms with Crippen LogP contribution in [0, 0.1) is 19.3 Å². The lowest BCUT2D eigenvalue weighted by molar-refractivity contribution is -0.147. The number of carboxylic acids is 1. The minimum Gasteiger partial charge on any atom is -0.481 e. The second-order valence-electron chi connectivity index (χ2n) is 6.54. The Morgan fingerprint density at radius 3 is 2.61 bits per heavy atom. The third-order valence-corrected chi connectivity index (χ3v) is 4.70. The van der Waals surface area contributed by atoms with Crippen LogP contribution >= 0.6 is 0 Å². The number of carbonyl (C=O) groups is 2. The molecule has 1 saturated heterocycles. The first-order valence-electron chi connectivity index (χ1n) is 7.56. The average Bonchev–Trinajstić information content (AvgIpc) is 3.00. The highest BCUT2D eigenvalue weighted by molar-refractivity contribution is 5.99. The Morgan fingerprint density at radius 2 is 2.00 bits per heavy atom. The number of carboxylic acid groups (broad SMARTS) is 1. The number of fused-ring (bicyclic) bond motifs is 1. The van der Waals surface area contributed by atoms with E-state index in [0.717, 1.165) is 16.7 Å². The van der Waals surface area contributed by atoms with E-state index in [1.807, 2.05) is 20.0 Å². The van der Waals surface area contributed by atoms with Gasteiger partial charge in [0, 0.05) is 25.5 Å². The fourth-order valence-corrected chi connectivity index (χ4v) is 3.13. The Bertz CT molecular complexity index is 826. The quantitative estimate of drug-likeness (QED) is 0.907. The van der Waals surface area contributed by atoms with Gasteiger partial charge in [-0.25, -0.2) is 4.98 Å². The van der Waals surface area contributed by atoms with Crippen molar-refractivity contribution >= 4 is 22.9 Å². The van der Waals surface area contributed by atoms with E-state index in [1.165, 1.54) is 0 Å². The van der Waals surface area contributed by atoms with E-state index in [4.69, 9.17) is 0 Å². The maximum absolute atomic E-state index is 12.8. The number of nitrogens with zero attached hydrogens (tertiary/aromatic N) is 4. The van der Waals surface area contributed by atoms with Crippen molar-refractivity contribution in [3.8, 4) is 0 Å². The third-order valence-electron chi connectivity index (χ3n) is 4.70. The predicted molar refractivity (Wildman–Crippen MR) is 84.2 cm³/mol. The smallest absolute Gasteiger partial charge is 0.311 e. The van der Waals surface area contributed by atoms with Gasteiger partial charge in [-0.15, -0.1) is 0 Å². The van der Waals surface area contributed by atoms with E-state index in [0.29, 0.717) is 24.2 Å². The molecule has 1 amide bonds. The van der Waals surface area contributed by atoms with E-state index >= 15 is 0 Å². The molecule has 1 aliphatic heterocycles. The van der Waals surface area contributed by atoms with Crippen molar-refractivity contribution in [1.29, 1.82) is 0 Å². The molecule has 0 aliphatic carbocycles. The van der Waals surface area contributed by atoms with E-state index in [9.17, 15) is 14.7 Å². The number of aryl methyl sites for hydroxylation is 3. The summed E-state index contributed by atoms with van der Waals surface area (Å²) in [5.41, 5.74) is 1.84. The molecule has 23 heavy (non-hydrogen) atoms. The highest BCUT2D eigenvalue weighted by Gasteiger charge is 2.42. The standard InChI is InChI=1S/C16H20N4O3/c1-9-12(7-11-10(2)18-19(4)13(11)17-9)14(21)20-6-5-16(3,8-20)15(22)23/h7H,5-6,8H2,1-4H3,(H,22,23). The molecule has 2 aromatic heterocycles. The summed E-state index contributed by atoms with van der Waals surface area (Å²) >= 11 is 0. The lowest BCUT2D eigenvalue weighted by Gasteiger charge is -2.20. The molecule has 7 heteroatoms. The van der Waals surface area contributed by atoms with E-state index in [2.05, 4.69) is 10.1 Å². The molecule has 1 fully saturated rings. The normalized spacial score (nSPS) is 21.1. The van der Waals surface area contributed by atoms with Crippen molar-refractivity contribution in [2.75, 3.05) is 13.1 Å². The van der Waals surface area contributed by atoms with Crippen molar-refractivity contribution < 1.29 is 14.7 Å². The van der Waals surface area contributed by atoms with Crippen LogP contribution in [0.4, 0.5) is 0 Å². The SMILES string of the molecule is Cc1nc2c(cc1C(=O)N1CCC(C)(C(=O)O)C1)c(C)nn2C. The second kappa shape index (κ2) is 5.04. The van der Waals surface area contributed by atoms with Gasteiger partial charge in [0.1, 0.15) is 0 Å². The highest BCUT2D eigenvalue weighted by atomic mass is 16.4. The molecule has 1 N–H and O–H groups in total. The number of likely N-dealkylation sites (tertiary alicyclic amines) is 1. The van der Waals surface area contributed by atoms with Crippen molar-refractivity contribution in [3.05, 3.63) is 23.0 Å². The summed E-state index contributed by atoms with van der Waals surface area (Å²) in [5.74, 6) is -1.02. The van der Waals surface area contributed by atoms with Crippen LogP contribution in [0.25, 0.3) is 11.0 Å². The van der Waals surface area contributed by atoms with Gasteiger partial charge in [-0.05, 0) is 33.3 Å². The third kappa shape index (κ3) is 2.36. The molecule has 122 valence electrons. The van der Waals surface area contributed by atoms with Crippen molar-refractivity contribution in [2.24, 2.45) is 12.5 Å². The van der Waals surface area contributed by atoms with Gasteiger partial charge in [0.25, 0.3) is 5.91 Å². The van der Waals surface area contributed by atoms with Gasteiger partial charge in [-0.3, -0.25) is 14.3 Å². The molecule has 7 nitrogen and oxygen atoms in total. The van der Waals surface area contributed by atoms with Gasteiger partial charge in [-0.1, -0.05) is 0 Å². The van der Waals surface area contributed by atoms with Gasteiger partial charge in [-0.2, -0.15) is 5.10 Å². The first-order chi connectivity index (χ1) is 10.7. The Balaban J connectivity index is 1.97. The molecule has 1 atom stereocenters. The molecular weight excluding hydrogens is 296 g/mol. The Hall–Kier alpha value is -2.44. The Labute approximate surface area is 133 Å². The van der Waals surface area contributed by atoms with Crippen LogP contribution in [0.2, 0.25) is 0 Å². The highest BCUT2D eigenvalue weighted by Crippen LogP contribution is 2.31. The molecule has 3 rings (SSSR count). The molecule has 0 spiro atoms. The summed E-state index contributed by atoms with van der Waals surface area (Å²) in [7, 11) is 1.82. The van der Waals surface area contributed by atoms with Gasteiger partial charge in [0.2, 0.25) is 0 Å². The summed E-state index contributed by atoms with van der Waals surface area (Å²) in [5, 5.41) is 14.5. The number of aliphatic carboxylic acids is 1. The van der Waals surface area contributed by atoms with Crippen molar-refractivity contribution in [3.63, 3.8) is 0 Å². The molecule has 1 unspecified atom stereocenters. The van der Waals surface area contributed by atoms with E-state index in [1.54, 1.807) is 23.4 Å². The molecule has 0 aromatic carbocycles. The number of carbonyl (C=O) groups excluding carboxylic acids is 1. The summed E-state index contributed by atoms with van der Waals surface area (Å²) in [6.07, 6.45) is 0.467. The summed E-state index contributed by atoms with van der Waals surface area (Å²) < 4.78 is 1.70. The van der Waals surface area contributed by atoms with E-state index < -0.39 is 11.4 Å². The predicted octanol–water partition coefficient (Wildman–Crippen LogP) is 1.52. The molecule has 0 bridgehead atoms. The van der Waals surface area contributed by atoms with Crippen LogP contribution < -0.4 is 0 Å². The largest absolute Gasteiger partial charge is 0.481 e. The fraction of sp³-hybridized carbons (Fsp3) is 0.500. The first kappa shape index (κ1) is 15.5. The number of rotatable bonds is 2. The van der Waals surface area contributed by atoms with Gasteiger partial charge < -0.3 is 10.0 Å². The lowest BCUT2D eigenvalue weighted by Crippen LogP contribution is -2.35. The zero-order chi connectivity index (χ0) is 16.9. The summed E-state index contributed by atoms with van der Waals surface area (Å²) in [6, 6.07) is 1.82. The van der Waals surface area contributed by atoms with Crippen LogP contribution in [0.15, 0.2) is 6.07 Å². The summed E-state index contributed by atoms with van der Waals surface area (Å²) in [4.78, 5) is 30.3. The summed E-state index contributed by atoms with van der Waals surface area (Å²) in [6.45, 7) is 6.03. The topological polar surface area (TPSA) is 88.3 Å². The lowest BCUT2D eigenvalue weighted by atomic mass is 9.90. The minimum absolute atomic E-state index is 0.162. The minimum atomic E-state index is -0.870. The van der Waals surface area contributed by atoms with Crippen molar-refractivity contribution in [1.82, 2.24) is 19.7 Å². The van der Waals surface area contributed by atoms with Crippen LogP contribution in [0.1, 0.15) is 35.1 Å².